The van der Waals surface area contributed by atoms with Crippen LogP contribution in [0.25, 0.3) is 0 Å². The van der Waals surface area contributed by atoms with Gasteiger partial charge in [-0.2, -0.15) is 5.26 Å². The third-order valence-corrected chi connectivity index (χ3v) is 1.55. The van der Waals surface area contributed by atoms with Gasteiger partial charge in [-0.15, -0.1) is 0 Å². The molecule has 0 radical (unpaired) electrons. The van der Waals surface area contributed by atoms with E-state index < -0.39 is 0 Å². The van der Waals surface area contributed by atoms with Crippen LogP contribution in [0.5, 0.6) is 0 Å². The molecule has 0 atom stereocenters. The minimum absolute atomic E-state index is 1.15. The summed E-state index contributed by atoms with van der Waals surface area (Å²) in [5.41, 5.74) is 0. The molecule has 0 spiro atoms. The summed E-state index contributed by atoms with van der Waals surface area (Å²) in [6, 6.07) is 6.17. The first-order chi connectivity index (χ1) is 6.35. The molecule has 0 saturated heterocycles. The molecule has 2 nitrogen and oxygen atoms in total. The highest BCUT2D eigenvalue weighted by atomic mass is 32.1. The molecule has 0 aromatic carbocycles. The Bertz CT molecular complexity index is 241. The molecule has 1 heterocycles. The lowest BCUT2D eigenvalue weighted by atomic mass is 10.3. The Balaban J connectivity index is 0.000000424. The van der Waals surface area contributed by atoms with E-state index in [0.29, 0.717) is 0 Å². The van der Waals surface area contributed by atoms with Crippen LogP contribution in [-0.4, -0.2) is 0 Å². The Kier molecular flexibility index (Phi) is 8.38. The lowest BCUT2D eigenvalue weighted by Crippen LogP contribution is -2.31. The van der Waals surface area contributed by atoms with Crippen LogP contribution in [-0.2, 0) is 6.54 Å². The molecule has 0 unspecified atom stereocenters. The van der Waals surface area contributed by atoms with Gasteiger partial charge in [0.1, 0.15) is 11.9 Å². The van der Waals surface area contributed by atoms with Crippen molar-refractivity contribution in [1.82, 2.24) is 0 Å². The van der Waals surface area contributed by atoms with Crippen molar-refractivity contribution in [2.75, 3.05) is 0 Å². The smallest absolute Gasteiger partial charge is 0.168 e. The van der Waals surface area contributed by atoms with E-state index in [-0.39, 0.29) is 0 Å². The first-order valence-electron chi connectivity index (χ1n) is 4.32. The van der Waals surface area contributed by atoms with Crippen molar-refractivity contribution in [2.45, 2.75) is 26.3 Å². The van der Waals surface area contributed by atoms with Gasteiger partial charge in [-0.25, -0.2) is 4.57 Å². The Morgan fingerprint density at radius 1 is 1.31 bits per heavy atom. The fourth-order valence-corrected chi connectivity index (χ4v) is 0.924. The van der Waals surface area contributed by atoms with Crippen molar-refractivity contribution >= 4 is 12.6 Å². The van der Waals surface area contributed by atoms with Gasteiger partial charge in [0.2, 0.25) is 0 Å². The molecule has 0 aliphatic rings. The fourth-order valence-electron chi connectivity index (χ4n) is 0.924. The van der Waals surface area contributed by atoms with Gasteiger partial charge in [-0.3, -0.25) is 0 Å². The molecule has 0 N–H and O–H groups in total. The summed E-state index contributed by atoms with van der Waals surface area (Å²) in [7, 11) is 0. The Morgan fingerprint density at radius 3 is 2.31 bits per heavy atom. The molecular formula is C10H15N2S+. The second-order valence-electron chi connectivity index (χ2n) is 2.57. The molecule has 3 heteroatoms. The van der Waals surface area contributed by atoms with Gasteiger partial charge in [0.25, 0.3) is 0 Å². The quantitative estimate of drug-likeness (QED) is 0.447. The summed E-state index contributed by atoms with van der Waals surface area (Å²) in [5.74, 6) is 0. The molecule has 0 amide bonds. The van der Waals surface area contributed by atoms with Crippen molar-refractivity contribution in [2.24, 2.45) is 0 Å². The van der Waals surface area contributed by atoms with E-state index in [1.807, 2.05) is 6.07 Å². The van der Waals surface area contributed by atoms with E-state index in [9.17, 15) is 0 Å². The van der Waals surface area contributed by atoms with Crippen LogP contribution in [0.3, 0.4) is 0 Å². The largest absolute Gasteiger partial charge is 0.205 e. The van der Waals surface area contributed by atoms with Crippen LogP contribution < -0.4 is 4.57 Å². The second-order valence-corrected chi connectivity index (χ2v) is 2.77. The predicted octanol–water partition coefficient (Wildman–Crippen LogP) is 2.17. The van der Waals surface area contributed by atoms with E-state index in [0.717, 1.165) is 6.54 Å². The SMILES string of the molecule is CCCC[n+]1ccccc1.N#CS. The Labute approximate surface area is 85.2 Å². The van der Waals surface area contributed by atoms with Crippen molar-refractivity contribution in [3.63, 3.8) is 0 Å². The number of hydrogen-bond acceptors (Lipinski definition) is 2. The minimum Gasteiger partial charge on any atom is -0.205 e. The monoisotopic (exact) mass is 195 g/mol. The van der Waals surface area contributed by atoms with E-state index in [2.05, 4.69) is 48.6 Å². The number of thiocyanates is 1. The zero-order chi connectivity index (χ0) is 9.94. The summed E-state index contributed by atoms with van der Waals surface area (Å²) in [6.45, 7) is 3.36. The zero-order valence-corrected chi connectivity index (χ0v) is 8.74. The second kappa shape index (κ2) is 9.08. The van der Waals surface area contributed by atoms with Crippen LogP contribution in [0.15, 0.2) is 30.6 Å². The third kappa shape index (κ3) is 7.35. The molecule has 0 saturated carbocycles. The molecule has 0 aliphatic carbocycles. The first kappa shape index (κ1) is 12.0. The molecule has 70 valence electrons. The maximum Gasteiger partial charge on any atom is 0.168 e. The van der Waals surface area contributed by atoms with Crippen molar-refractivity contribution in [3.05, 3.63) is 30.6 Å². The maximum absolute atomic E-state index is 7.18. The Morgan fingerprint density at radius 2 is 1.85 bits per heavy atom. The van der Waals surface area contributed by atoms with Gasteiger partial charge >= 0.3 is 0 Å². The first-order valence-corrected chi connectivity index (χ1v) is 4.77. The van der Waals surface area contributed by atoms with Gasteiger partial charge in [0.05, 0.1) is 0 Å². The molecule has 1 aromatic rings. The number of hydrogen-bond donors (Lipinski definition) is 1. The summed E-state index contributed by atoms with van der Waals surface area (Å²) >= 11 is 3.09. The van der Waals surface area contributed by atoms with E-state index in [1.54, 1.807) is 0 Å². The molecule has 1 aromatic heterocycles. The van der Waals surface area contributed by atoms with E-state index >= 15 is 0 Å². The van der Waals surface area contributed by atoms with E-state index in [4.69, 9.17) is 5.26 Å². The standard InChI is InChI=1S/C9H14N.CHNS/c1-2-3-7-10-8-5-4-6-9-10;2-1-3/h4-6,8-9H,2-3,7H2,1H3;3H/q+1;. The van der Waals surface area contributed by atoms with Crippen molar-refractivity contribution < 1.29 is 4.57 Å². The molecular weight excluding hydrogens is 180 g/mol. The highest BCUT2D eigenvalue weighted by Gasteiger charge is 1.93. The van der Waals surface area contributed by atoms with Gasteiger partial charge in [-0.1, -0.05) is 32.0 Å². The van der Waals surface area contributed by atoms with Crippen molar-refractivity contribution in [1.29, 1.82) is 5.26 Å². The number of pyridine rings is 1. The molecule has 13 heavy (non-hydrogen) atoms. The number of nitriles is 1. The maximum atomic E-state index is 7.18. The summed E-state index contributed by atoms with van der Waals surface area (Å²) in [5, 5.41) is 8.63. The number of nitrogens with zero attached hydrogens (tertiary/aromatic N) is 2. The normalized spacial score (nSPS) is 8.08. The number of aryl methyl sites for hydroxylation is 1. The third-order valence-electron chi connectivity index (χ3n) is 1.55. The fraction of sp³-hybridized carbons (Fsp3) is 0.400. The van der Waals surface area contributed by atoms with Gasteiger partial charge in [0.15, 0.2) is 12.4 Å². The van der Waals surface area contributed by atoms with E-state index in [1.165, 1.54) is 18.2 Å². The molecule has 0 aliphatic heterocycles. The zero-order valence-electron chi connectivity index (χ0n) is 7.85. The highest BCUT2D eigenvalue weighted by Crippen LogP contribution is 1.85. The summed E-state index contributed by atoms with van der Waals surface area (Å²) < 4.78 is 2.21. The number of thiol groups is 1. The lowest BCUT2D eigenvalue weighted by molar-refractivity contribution is -0.697. The summed E-state index contributed by atoms with van der Waals surface area (Å²) in [6.07, 6.45) is 6.75. The molecule has 0 fully saturated rings. The van der Waals surface area contributed by atoms with Gasteiger partial charge in [0, 0.05) is 18.6 Å². The van der Waals surface area contributed by atoms with Gasteiger partial charge < -0.3 is 0 Å². The van der Waals surface area contributed by atoms with Crippen LogP contribution in [0.2, 0.25) is 0 Å². The topological polar surface area (TPSA) is 27.7 Å². The number of aromatic nitrogens is 1. The molecule has 0 bridgehead atoms. The van der Waals surface area contributed by atoms with Crippen LogP contribution >= 0.6 is 12.6 Å². The average Bonchev–Trinajstić information content (AvgIpc) is 2.18. The lowest BCUT2D eigenvalue weighted by Gasteiger charge is -1.91. The average molecular weight is 195 g/mol. The summed E-state index contributed by atoms with van der Waals surface area (Å²) in [4.78, 5) is 0. The predicted molar refractivity (Wildman–Crippen MR) is 56.1 cm³/mol. The van der Waals surface area contributed by atoms with Crippen LogP contribution in [0.1, 0.15) is 19.8 Å². The minimum atomic E-state index is 1.15. The van der Waals surface area contributed by atoms with Crippen LogP contribution in [0, 0.1) is 10.7 Å². The van der Waals surface area contributed by atoms with Crippen molar-refractivity contribution in [3.8, 4) is 5.40 Å². The van der Waals surface area contributed by atoms with Gasteiger partial charge in [-0.05, 0) is 0 Å². The number of unbranched alkanes of at least 4 members (excludes halogenated alkanes) is 1. The highest BCUT2D eigenvalue weighted by molar-refractivity contribution is 7.85. The Hall–Kier alpha value is -1.01. The van der Waals surface area contributed by atoms with Crippen LogP contribution in [0.4, 0.5) is 0 Å². The number of rotatable bonds is 3. The molecule has 1 rings (SSSR count).